The van der Waals surface area contributed by atoms with Crippen LogP contribution < -0.4 is 10.3 Å². The number of pyridine rings is 2. The third kappa shape index (κ3) is 4.10. The maximum absolute atomic E-state index is 13.6. The first kappa shape index (κ1) is 25.4. The van der Waals surface area contributed by atoms with Crippen LogP contribution in [0.3, 0.4) is 0 Å². The third-order valence-corrected chi connectivity index (χ3v) is 9.35. The van der Waals surface area contributed by atoms with Gasteiger partial charge >= 0.3 is 11.9 Å². The molecule has 1 unspecified atom stereocenters. The van der Waals surface area contributed by atoms with Crippen molar-refractivity contribution in [1.29, 1.82) is 0 Å². The number of aryl methyl sites for hydroxylation is 1. The summed E-state index contributed by atoms with van der Waals surface area (Å²) in [6.45, 7) is 9.91. The lowest BCUT2D eigenvalue weighted by atomic mass is 9.75. The molecule has 2 aliphatic rings. The molecule has 2 aliphatic heterocycles. The summed E-state index contributed by atoms with van der Waals surface area (Å²) in [4.78, 5) is 43.2. The summed E-state index contributed by atoms with van der Waals surface area (Å²) >= 11 is 0. The zero-order chi connectivity index (χ0) is 26.7. The number of esters is 2. The van der Waals surface area contributed by atoms with E-state index in [0.29, 0.717) is 41.2 Å². The molecule has 194 valence electrons. The average Bonchev–Trinajstić information content (AvgIpc) is 3.20. The van der Waals surface area contributed by atoms with Crippen LogP contribution >= 0.6 is 0 Å². The van der Waals surface area contributed by atoms with Gasteiger partial charge in [0.25, 0.3) is 5.56 Å². The predicted molar refractivity (Wildman–Crippen MR) is 143 cm³/mol. The van der Waals surface area contributed by atoms with Crippen LogP contribution in [0.2, 0.25) is 25.7 Å². The van der Waals surface area contributed by atoms with Crippen LogP contribution in [0.15, 0.2) is 29.1 Å². The Morgan fingerprint density at radius 1 is 1.24 bits per heavy atom. The molecule has 3 aromatic rings. The molecule has 5 rings (SSSR count). The Bertz CT molecular complexity index is 1510. The van der Waals surface area contributed by atoms with E-state index in [4.69, 9.17) is 14.5 Å². The molecule has 0 fully saturated rings. The van der Waals surface area contributed by atoms with Gasteiger partial charge in [0.05, 0.1) is 35.6 Å². The Balaban J connectivity index is 1.74. The molecule has 8 nitrogen and oxygen atoms in total. The van der Waals surface area contributed by atoms with Crippen molar-refractivity contribution in [3.05, 3.63) is 56.9 Å². The lowest BCUT2D eigenvalue weighted by Gasteiger charge is -2.34. The van der Waals surface area contributed by atoms with Gasteiger partial charge in [-0.05, 0) is 42.2 Å². The van der Waals surface area contributed by atoms with Gasteiger partial charge in [-0.1, -0.05) is 38.7 Å². The Kier molecular flexibility index (Phi) is 6.11. The number of cyclic esters (lactones) is 1. The van der Waals surface area contributed by atoms with Gasteiger partial charge in [0.15, 0.2) is 0 Å². The van der Waals surface area contributed by atoms with E-state index >= 15 is 0 Å². The minimum Gasteiger partial charge on any atom is -0.460 e. The van der Waals surface area contributed by atoms with Gasteiger partial charge in [0.2, 0.25) is 0 Å². The monoisotopic (exact) mass is 520 g/mol. The molecular weight excluding hydrogens is 488 g/mol. The first-order valence-electron chi connectivity index (χ1n) is 12.7. The van der Waals surface area contributed by atoms with Crippen molar-refractivity contribution < 1.29 is 24.2 Å². The van der Waals surface area contributed by atoms with Crippen LogP contribution in [0.5, 0.6) is 5.75 Å². The molecule has 1 N–H and O–H groups in total. The molecule has 0 aliphatic carbocycles. The van der Waals surface area contributed by atoms with Crippen molar-refractivity contribution >= 4 is 30.9 Å². The van der Waals surface area contributed by atoms with Gasteiger partial charge in [0, 0.05) is 25.9 Å². The van der Waals surface area contributed by atoms with Gasteiger partial charge in [-0.25, -0.2) is 4.98 Å². The number of aliphatic hydroxyl groups excluding tert-OH is 1. The van der Waals surface area contributed by atoms with Crippen LogP contribution in [-0.4, -0.2) is 41.3 Å². The number of aliphatic hydroxyl groups is 1. The van der Waals surface area contributed by atoms with Crippen molar-refractivity contribution in [2.45, 2.75) is 70.9 Å². The van der Waals surface area contributed by atoms with Crippen LogP contribution in [0.1, 0.15) is 42.5 Å². The smallest absolute Gasteiger partial charge is 0.319 e. The molecule has 0 radical (unpaired) electrons. The number of carbonyl (C=O) groups is 2. The Morgan fingerprint density at radius 3 is 2.65 bits per heavy atom. The number of hydrogen-bond donors (Lipinski definition) is 1. The second-order valence-electron chi connectivity index (χ2n) is 11.3. The minimum absolute atomic E-state index is 0.113. The molecule has 0 saturated heterocycles. The number of rotatable bonds is 6. The minimum atomic E-state index is -1.33. The lowest BCUT2D eigenvalue weighted by molar-refractivity contribution is -0.156. The van der Waals surface area contributed by atoms with E-state index in [9.17, 15) is 19.5 Å². The summed E-state index contributed by atoms with van der Waals surface area (Å²) in [7, 11) is -1.33. The van der Waals surface area contributed by atoms with E-state index in [1.807, 2.05) is 24.3 Å². The fourth-order valence-electron chi connectivity index (χ4n) is 5.39. The maximum atomic E-state index is 13.6. The zero-order valence-electron chi connectivity index (χ0n) is 21.9. The molecule has 0 spiro atoms. The van der Waals surface area contributed by atoms with E-state index in [1.165, 1.54) is 6.92 Å². The molecular formula is C28H32N2O6Si. The summed E-state index contributed by atoms with van der Waals surface area (Å²) in [6, 6.07) is 8.66. The maximum Gasteiger partial charge on any atom is 0.319 e. The summed E-state index contributed by atoms with van der Waals surface area (Å²) < 4.78 is 12.5. The van der Waals surface area contributed by atoms with E-state index in [2.05, 4.69) is 19.6 Å². The third-order valence-electron chi connectivity index (χ3n) is 7.60. The summed E-state index contributed by atoms with van der Waals surface area (Å²) in [5, 5.41) is 11.0. The van der Waals surface area contributed by atoms with Crippen molar-refractivity contribution in [3.63, 3.8) is 0 Å². The quantitative estimate of drug-likeness (QED) is 0.233. The molecule has 4 heterocycles. The van der Waals surface area contributed by atoms with Gasteiger partial charge in [-0.15, -0.1) is 0 Å². The zero-order valence-corrected chi connectivity index (χ0v) is 22.9. The second kappa shape index (κ2) is 8.92. The molecule has 2 aromatic heterocycles. The van der Waals surface area contributed by atoms with Crippen LogP contribution in [-0.2, 0) is 39.3 Å². The van der Waals surface area contributed by atoms with Crippen LogP contribution in [0.25, 0.3) is 22.3 Å². The number of carbonyl (C=O) groups excluding carboxylic acids is 2. The Hall–Kier alpha value is -3.30. The highest BCUT2D eigenvalue weighted by Crippen LogP contribution is 2.41. The number of nitrogens with zero attached hydrogens (tertiary/aromatic N) is 2. The fraction of sp³-hybridized carbons (Fsp3) is 0.429. The van der Waals surface area contributed by atoms with Crippen molar-refractivity contribution in [2.75, 3.05) is 6.61 Å². The van der Waals surface area contributed by atoms with E-state index in [1.54, 1.807) is 11.5 Å². The lowest BCUT2D eigenvalue weighted by Crippen LogP contribution is -2.47. The molecule has 0 bridgehead atoms. The molecule has 37 heavy (non-hydrogen) atoms. The van der Waals surface area contributed by atoms with Crippen LogP contribution in [0, 0.1) is 0 Å². The van der Waals surface area contributed by atoms with E-state index in [0.717, 1.165) is 34.5 Å². The van der Waals surface area contributed by atoms with Gasteiger partial charge in [-0.3, -0.25) is 14.4 Å². The SMILES string of the molecule is CCC1(CO)C(=O)OCc2c1cc1n(c2=O)Cc2cc3c(OC(C)=O)ccc(CC[Si](C)(C)C)c3nc2-1. The number of benzene rings is 1. The first-order chi connectivity index (χ1) is 17.5. The average molecular weight is 521 g/mol. The molecule has 1 atom stereocenters. The largest absolute Gasteiger partial charge is 0.460 e. The summed E-state index contributed by atoms with van der Waals surface area (Å²) in [5.74, 6) is -0.478. The highest BCUT2D eigenvalue weighted by atomic mass is 28.3. The standard InChI is InChI=1S/C28H32N2O6Si/c1-6-28(15-31)21-12-22-25-18(13-30(22)26(33)20(21)14-35-27(28)34)11-19-23(36-16(2)32)8-7-17(24(19)29-25)9-10-37(3,4)5/h7-8,11-12,31H,6,9-10,13-15H2,1-5H3. The fourth-order valence-corrected chi connectivity index (χ4v) is 6.41. The first-order valence-corrected chi connectivity index (χ1v) is 16.4. The summed E-state index contributed by atoms with van der Waals surface area (Å²) in [6.07, 6.45) is 1.16. The van der Waals surface area contributed by atoms with Crippen molar-refractivity contribution in [1.82, 2.24) is 9.55 Å². The Labute approximate surface area is 216 Å². The van der Waals surface area contributed by atoms with Gasteiger partial charge in [-0.2, -0.15) is 0 Å². The normalized spacial score (nSPS) is 18.3. The second-order valence-corrected chi connectivity index (χ2v) is 16.9. The number of aromatic nitrogens is 2. The summed E-state index contributed by atoms with van der Waals surface area (Å²) in [5.41, 5.74) is 3.34. The predicted octanol–water partition coefficient (Wildman–Crippen LogP) is 3.93. The van der Waals surface area contributed by atoms with Crippen molar-refractivity contribution in [2.24, 2.45) is 0 Å². The molecule has 1 aromatic carbocycles. The van der Waals surface area contributed by atoms with Crippen LogP contribution in [0.4, 0.5) is 0 Å². The Morgan fingerprint density at radius 2 is 2.00 bits per heavy atom. The molecule has 0 amide bonds. The van der Waals surface area contributed by atoms with E-state index < -0.39 is 32.0 Å². The van der Waals surface area contributed by atoms with Gasteiger partial charge < -0.3 is 19.1 Å². The highest BCUT2D eigenvalue weighted by molar-refractivity contribution is 6.76. The van der Waals surface area contributed by atoms with Gasteiger partial charge in [0.1, 0.15) is 17.8 Å². The number of fused-ring (bicyclic) bond motifs is 5. The number of ether oxygens (including phenoxy) is 2. The molecule has 0 saturated carbocycles. The highest BCUT2D eigenvalue weighted by Gasteiger charge is 2.46. The van der Waals surface area contributed by atoms with E-state index in [-0.39, 0.29) is 12.2 Å². The molecule has 9 heteroatoms. The topological polar surface area (TPSA) is 108 Å². The van der Waals surface area contributed by atoms with Crippen molar-refractivity contribution in [3.8, 4) is 17.1 Å². The number of hydrogen-bond acceptors (Lipinski definition) is 7.